The summed E-state index contributed by atoms with van der Waals surface area (Å²) in [6, 6.07) is 7.47. The molecule has 0 radical (unpaired) electrons. The monoisotopic (exact) mass is 264 g/mol. The average Bonchev–Trinajstić information content (AvgIpc) is 2.38. The van der Waals surface area contributed by atoms with Gasteiger partial charge in [0.1, 0.15) is 17.8 Å². The lowest BCUT2D eigenvalue weighted by Crippen LogP contribution is -2.47. The lowest BCUT2D eigenvalue weighted by atomic mass is 9.72. The van der Waals surface area contributed by atoms with E-state index < -0.39 is 17.0 Å². The number of aliphatic hydroxyl groups is 1. The number of hydrogen-bond donors (Lipinski definition) is 2. The minimum absolute atomic E-state index is 0.107. The van der Waals surface area contributed by atoms with Crippen molar-refractivity contribution in [1.29, 1.82) is 0 Å². The molecule has 0 aromatic heterocycles. The summed E-state index contributed by atoms with van der Waals surface area (Å²) in [5.41, 5.74) is -1.15. The van der Waals surface area contributed by atoms with Crippen molar-refractivity contribution in [1.82, 2.24) is 0 Å². The van der Waals surface area contributed by atoms with Gasteiger partial charge in [0.15, 0.2) is 0 Å². The van der Waals surface area contributed by atoms with E-state index in [1.807, 2.05) is 31.2 Å². The van der Waals surface area contributed by atoms with Gasteiger partial charge in [0, 0.05) is 0 Å². The smallest absolute Gasteiger partial charge is 0.313 e. The normalized spacial score (nSPS) is 25.0. The van der Waals surface area contributed by atoms with Gasteiger partial charge in [0.05, 0.1) is 5.60 Å². The Balaban J connectivity index is 2.31. The minimum atomic E-state index is -1.05. The maximum absolute atomic E-state index is 11.7. The second kappa shape index (κ2) is 4.85. The van der Waals surface area contributed by atoms with Crippen molar-refractivity contribution in [3.63, 3.8) is 0 Å². The first-order valence-corrected chi connectivity index (χ1v) is 6.55. The summed E-state index contributed by atoms with van der Waals surface area (Å²) in [6.45, 7) is 3.64. The Hall–Kier alpha value is -1.55. The molecule has 2 unspecified atom stereocenters. The van der Waals surface area contributed by atoms with Crippen molar-refractivity contribution < 1.29 is 19.7 Å². The summed E-state index contributed by atoms with van der Waals surface area (Å²) in [4.78, 5) is 11.7. The van der Waals surface area contributed by atoms with Crippen LogP contribution < -0.4 is 4.74 Å². The number of carboxylic acids is 1. The van der Waals surface area contributed by atoms with Crippen LogP contribution in [-0.4, -0.2) is 28.4 Å². The van der Waals surface area contributed by atoms with Crippen molar-refractivity contribution in [3.05, 3.63) is 29.8 Å². The standard InChI is InChI=1S/C15H20O4/c1-3-14(2,18)9-15(13(16)17)8-11-6-4-5-7-12(11)19-10-15/h4-7,18H,3,8-10H2,1-2H3,(H,16,17). The van der Waals surface area contributed by atoms with Gasteiger partial charge in [0.25, 0.3) is 0 Å². The Labute approximate surface area is 113 Å². The molecule has 1 aliphatic rings. The summed E-state index contributed by atoms with van der Waals surface area (Å²) < 4.78 is 5.60. The number of carboxylic acid groups (broad SMARTS) is 1. The molecule has 19 heavy (non-hydrogen) atoms. The fourth-order valence-corrected chi connectivity index (χ4v) is 2.60. The van der Waals surface area contributed by atoms with Crippen LogP contribution in [0.4, 0.5) is 0 Å². The topological polar surface area (TPSA) is 66.8 Å². The van der Waals surface area contributed by atoms with Crippen LogP contribution in [0.2, 0.25) is 0 Å². The molecule has 0 fully saturated rings. The van der Waals surface area contributed by atoms with Crippen molar-refractivity contribution in [3.8, 4) is 5.75 Å². The van der Waals surface area contributed by atoms with Crippen LogP contribution in [0.1, 0.15) is 32.3 Å². The molecule has 1 heterocycles. The lowest BCUT2D eigenvalue weighted by molar-refractivity contribution is -0.157. The maximum Gasteiger partial charge on any atom is 0.313 e. The highest BCUT2D eigenvalue weighted by molar-refractivity contribution is 5.76. The molecular weight excluding hydrogens is 244 g/mol. The van der Waals surface area contributed by atoms with E-state index in [0.717, 1.165) is 11.3 Å². The Bertz CT molecular complexity index is 481. The molecule has 104 valence electrons. The Morgan fingerprint density at radius 1 is 1.47 bits per heavy atom. The van der Waals surface area contributed by atoms with E-state index in [1.54, 1.807) is 6.92 Å². The first kappa shape index (κ1) is 13.9. The molecule has 1 aromatic carbocycles. The fourth-order valence-electron chi connectivity index (χ4n) is 2.60. The van der Waals surface area contributed by atoms with Gasteiger partial charge in [-0.25, -0.2) is 0 Å². The van der Waals surface area contributed by atoms with E-state index in [9.17, 15) is 15.0 Å². The number of hydrogen-bond acceptors (Lipinski definition) is 3. The number of ether oxygens (including phenoxy) is 1. The Morgan fingerprint density at radius 2 is 2.16 bits per heavy atom. The molecule has 4 heteroatoms. The predicted molar refractivity (Wildman–Crippen MR) is 71.2 cm³/mol. The van der Waals surface area contributed by atoms with E-state index in [4.69, 9.17) is 4.74 Å². The molecule has 0 bridgehead atoms. The zero-order valence-corrected chi connectivity index (χ0v) is 11.3. The predicted octanol–water partition coefficient (Wildman–Crippen LogP) is 2.24. The summed E-state index contributed by atoms with van der Waals surface area (Å²) in [5.74, 6) is -0.161. The molecule has 0 spiro atoms. The Kier molecular flexibility index (Phi) is 3.54. The van der Waals surface area contributed by atoms with Crippen LogP contribution in [0, 0.1) is 5.41 Å². The quantitative estimate of drug-likeness (QED) is 0.875. The van der Waals surface area contributed by atoms with E-state index >= 15 is 0 Å². The summed E-state index contributed by atoms with van der Waals surface area (Å²) >= 11 is 0. The second-order valence-corrected chi connectivity index (χ2v) is 5.69. The van der Waals surface area contributed by atoms with E-state index in [-0.39, 0.29) is 13.0 Å². The molecule has 2 atom stereocenters. The summed E-state index contributed by atoms with van der Waals surface area (Å²) in [7, 11) is 0. The first-order chi connectivity index (χ1) is 8.88. The van der Waals surface area contributed by atoms with Gasteiger partial charge in [0.2, 0.25) is 0 Å². The van der Waals surface area contributed by atoms with Crippen molar-refractivity contribution in [2.24, 2.45) is 5.41 Å². The lowest BCUT2D eigenvalue weighted by Gasteiger charge is -2.38. The highest BCUT2D eigenvalue weighted by Gasteiger charge is 2.46. The molecular formula is C15H20O4. The third-order valence-electron chi connectivity index (χ3n) is 3.94. The second-order valence-electron chi connectivity index (χ2n) is 5.69. The number of benzene rings is 1. The summed E-state index contributed by atoms with van der Waals surface area (Å²) in [6.07, 6.45) is 1.11. The van der Waals surface area contributed by atoms with Crippen molar-refractivity contribution >= 4 is 5.97 Å². The largest absolute Gasteiger partial charge is 0.492 e. The van der Waals surface area contributed by atoms with E-state index in [1.165, 1.54) is 0 Å². The van der Waals surface area contributed by atoms with Crippen LogP contribution in [0.25, 0.3) is 0 Å². The molecule has 0 saturated heterocycles. The van der Waals surface area contributed by atoms with Crippen molar-refractivity contribution in [2.75, 3.05) is 6.61 Å². The van der Waals surface area contributed by atoms with Crippen molar-refractivity contribution in [2.45, 2.75) is 38.7 Å². The van der Waals surface area contributed by atoms with Gasteiger partial charge in [-0.15, -0.1) is 0 Å². The molecule has 1 aliphatic heterocycles. The highest BCUT2D eigenvalue weighted by atomic mass is 16.5. The molecule has 0 aliphatic carbocycles. The molecule has 0 amide bonds. The van der Waals surface area contributed by atoms with Crippen LogP contribution >= 0.6 is 0 Å². The SMILES string of the molecule is CCC(C)(O)CC1(C(=O)O)COc2ccccc2C1. The van der Waals surface area contributed by atoms with Crippen LogP contribution in [0.3, 0.4) is 0 Å². The fraction of sp³-hybridized carbons (Fsp3) is 0.533. The number of fused-ring (bicyclic) bond motifs is 1. The van der Waals surface area contributed by atoms with Gasteiger partial charge in [-0.3, -0.25) is 4.79 Å². The number of rotatable bonds is 4. The minimum Gasteiger partial charge on any atom is -0.492 e. The van der Waals surface area contributed by atoms with Crippen LogP contribution in [0.5, 0.6) is 5.75 Å². The Morgan fingerprint density at radius 3 is 2.79 bits per heavy atom. The van der Waals surface area contributed by atoms with E-state index in [2.05, 4.69) is 0 Å². The number of carbonyl (C=O) groups is 1. The third-order valence-corrected chi connectivity index (χ3v) is 3.94. The van der Waals surface area contributed by atoms with Crippen LogP contribution in [0.15, 0.2) is 24.3 Å². The molecule has 2 N–H and O–H groups in total. The van der Waals surface area contributed by atoms with Gasteiger partial charge in [-0.1, -0.05) is 25.1 Å². The van der Waals surface area contributed by atoms with Gasteiger partial charge in [-0.2, -0.15) is 0 Å². The molecule has 1 aromatic rings. The molecule has 2 rings (SSSR count). The van der Waals surface area contributed by atoms with Crippen LogP contribution in [-0.2, 0) is 11.2 Å². The van der Waals surface area contributed by atoms with E-state index in [0.29, 0.717) is 12.8 Å². The molecule has 4 nitrogen and oxygen atoms in total. The first-order valence-electron chi connectivity index (χ1n) is 6.55. The number of aliphatic carboxylic acids is 1. The maximum atomic E-state index is 11.7. The van der Waals surface area contributed by atoms with Gasteiger partial charge >= 0.3 is 5.97 Å². The zero-order chi connectivity index (χ0) is 14.1. The third kappa shape index (κ3) is 2.73. The average molecular weight is 264 g/mol. The zero-order valence-electron chi connectivity index (χ0n) is 11.3. The van der Waals surface area contributed by atoms with Gasteiger partial charge < -0.3 is 14.9 Å². The molecule has 0 saturated carbocycles. The van der Waals surface area contributed by atoms with Gasteiger partial charge in [-0.05, 0) is 37.8 Å². The number of para-hydroxylation sites is 1. The highest BCUT2D eigenvalue weighted by Crippen LogP contribution is 2.40. The summed E-state index contributed by atoms with van der Waals surface area (Å²) in [5, 5.41) is 19.8.